The van der Waals surface area contributed by atoms with Crippen molar-refractivity contribution in [3.8, 4) is 0 Å². The lowest BCUT2D eigenvalue weighted by Gasteiger charge is -2.06. The van der Waals surface area contributed by atoms with Crippen LogP contribution in [0.2, 0.25) is 0 Å². The number of hydrogen-bond donors (Lipinski definition) is 3. The fraction of sp³-hybridized carbons (Fsp3) is 0.273. The number of carbonyl (C=O) groups is 2. The Labute approximate surface area is 121 Å². The minimum atomic E-state index is -5.08. The average molecular weight is 323 g/mol. The van der Waals surface area contributed by atoms with Crippen LogP contribution in [-0.2, 0) is 9.59 Å². The third-order valence-electron chi connectivity index (χ3n) is 2.00. The number of nitrogens with zero attached hydrogens (tertiary/aromatic N) is 1. The Kier molecular flexibility index (Phi) is 6.96. The molecule has 11 heteroatoms. The van der Waals surface area contributed by atoms with Crippen molar-refractivity contribution in [1.82, 2.24) is 0 Å². The summed E-state index contributed by atoms with van der Waals surface area (Å²) in [6, 6.07) is 4.94. The van der Waals surface area contributed by atoms with Crippen LogP contribution in [0, 0.1) is 10.1 Å². The van der Waals surface area contributed by atoms with Crippen molar-refractivity contribution in [2.45, 2.75) is 19.1 Å². The first-order chi connectivity index (χ1) is 9.95. The Morgan fingerprint density at radius 3 is 2.00 bits per heavy atom. The number of nitro groups is 1. The maximum atomic E-state index is 11.2. The molecule has 0 radical (unpaired) electrons. The number of nitrogens with two attached hydrogens (primary N) is 1. The lowest BCUT2D eigenvalue weighted by Crippen LogP contribution is -2.32. The number of halogens is 3. The van der Waals surface area contributed by atoms with Crippen molar-refractivity contribution >= 4 is 23.3 Å². The van der Waals surface area contributed by atoms with Crippen LogP contribution in [-0.4, -0.2) is 34.1 Å². The van der Waals surface area contributed by atoms with E-state index in [2.05, 4.69) is 5.32 Å². The molecule has 0 spiro atoms. The van der Waals surface area contributed by atoms with Gasteiger partial charge < -0.3 is 16.2 Å². The van der Waals surface area contributed by atoms with Gasteiger partial charge in [-0.15, -0.1) is 0 Å². The van der Waals surface area contributed by atoms with Crippen molar-refractivity contribution < 1.29 is 32.8 Å². The van der Waals surface area contributed by atoms with Crippen LogP contribution in [0.1, 0.15) is 6.92 Å². The number of benzene rings is 1. The smallest absolute Gasteiger partial charge is 0.475 e. The van der Waals surface area contributed by atoms with Crippen LogP contribution in [0.5, 0.6) is 0 Å². The Morgan fingerprint density at radius 2 is 1.73 bits per heavy atom. The topological polar surface area (TPSA) is 136 Å². The Bertz CT molecular complexity index is 543. The van der Waals surface area contributed by atoms with Crippen LogP contribution in [0.15, 0.2) is 24.3 Å². The second-order valence-corrected chi connectivity index (χ2v) is 3.88. The van der Waals surface area contributed by atoms with E-state index < -0.39 is 23.1 Å². The average Bonchev–Trinajstić information content (AvgIpc) is 2.38. The first-order valence-electron chi connectivity index (χ1n) is 5.56. The summed E-state index contributed by atoms with van der Waals surface area (Å²) in [5.74, 6) is -3.09. The number of amides is 1. The molecular formula is C11H12F3N3O5. The SMILES string of the molecule is C[C@H](N)C(=O)Nc1ccc([N+](=O)[O-])cc1.O=C(O)C(F)(F)F. The third-order valence-corrected chi connectivity index (χ3v) is 2.00. The van der Waals surface area contributed by atoms with Gasteiger partial charge in [-0.2, -0.15) is 13.2 Å². The third kappa shape index (κ3) is 7.19. The highest BCUT2D eigenvalue weighted by atomic mass is 19.4. The van der Waals surface area contributed by atoms with Gasteiger partial charge in [-0.05, 0) is 19.1 Å². The van der Waals surface area contributed by atoms with Crippen LogP contribution in [0.4, 0.5) is 24.5 Å². The number of carboxylic acid groups (broad SMARTS) is 1. The summed E-state index contributed by atoms with van der Waals surface area (Å²) in [6.45, 7) is 1.56. The van der Waals surface area contributed by atoms with Crippen LogP contribution >= 0.6 is 0 Å². The molecule has 0 aliphatic rings. The molecule has 1 aromatic carbocycles. The summed E-state index contributed by atoms with van der Waals surface area (Å²) in [6.07, 6.45) is -5.08. The lowest BCUT2D eigenvalue weighted by atomic mass is 10.2. The van der Waals surface area contributed by atoms with E-state index in [1.54, 1.807) is 6.92 Å². The molecule has 1 aromatic rings. The molecule has 4 N–H and O–H groups in total. The van der Waals surface area contributed by atoms with Crippen LogP contribution < -0.4 is 11.1 Å². The van der Waals surface area contributed by atoms with Gasteiger partial charge >= 0.3 is 12.1 Å². The number of anilines is 1. The second-order valence-electron chi connectivity index (χ2n) is 3.88. The van der Waals surface area contributed by atoms with E-state index in [-0.39, 0.29) is 11.6 Å². The van der Waals surface area contributed by atoms with E-state index >= 15 is 0 Å². The monoisotopic (exact) mass is 323 g/mol. The molecule has 0 saturated heterocycles. The van der Waals surface area contributed by atoms with Gasteiger partial charge in [-0.3, -0.25) is 14.9 Å². The molecule has 0 fully saturated rings. The van der Waals surface area contributed by atoms with E-state index in [1.807, 2.05) is 0 Å². The zero-order chi connectivity index (χ0) is 17.5. The Hall–Kier alpha value is -2.69. The van der Waals surface area contributed by atoms with Crippen molar-refractivity contribution in [3.63, 3.8) is 0 Å². The standard InChI is InChI=1S/C9H11N3O3.C2HF3O2/c1-6(10)9(13)11-7-2-4-8(5-3-7)12(14)15;3-2(4,5)1(6)7/h2-6H,10H2,1H3,(H,11,13);(H,6,7)/t6-;/m0./s1. The highest BCUT2D eigenvalue weighted by Gasteiger charge is 2.38. The molecule has 0 heterocycles. The molecule has 0 unspecified atom stereocenters. The van der Waals surface area contributed by atoms with Gasteiger partial charge in [0, 0.05) is 17.8 Å². The van der Waals surface area contributed by atoms with Gasteiger partial charge in [0.05, 0.1) is 11.0 Å². The zero-order valence-electron chi connectivity index (χ0n) is 11.1. The van der Waals surface area contributed by atoms with Gasteiger partial charge in [0.2, 0.25) is 5.91 Å². The fourth-order valence-corrected chi connectivity index (χ4v) is 0.923. The van der Waals surface area contributed by atoms with E-state index in [9.17, 15) is 28.1 Å². The van der Waals surface area contributed by atoms with E-state index in [4.69, 9.17) is 15.6 Å². The summed E-state index contributed by atoms with van der Waals surface area (Å²) >= 11 is 0. The molecular weight excluding hydrogens is 311 g/mol. The predicted octanol–water partition coefficient (Wildman–Crippen LogP) is 1.51. The molecule has 22 heavy (non-hydrogen) atoms. The van der Waals surface area contributed by atoms with E-state index in [0.717, 1.165) is 0 Å². The normalized spacial score (nSPS) is 11.7. The van der Waals surface area contributed by atoms with Gasteiger partial charge in [0.15, 0.2) is 0 Å². The van der Waals surface area contributed by atoms with Crippen molar-refractivity contribution in [2.24, 2.45) is 5.73 Å². The highest BCUT2D eigenvalue weighted by molar-refractivity contribution is 5.94. The molecule has 1 amide bonds. The molecule has 0 bridgehead atoms. The van der Waals surface area contributed by atoms with Crippen molar-refractivity contribution in [3.05, 3.63) is 34.4 Å². The second kappa shape index (κ2) is 7.93. The maximum absolute atomic E-state index is 11.2. The molecule has 1 atom stereocenters. The van der Waals surface area contributed by atoms with Gasteiger partial charge in [-0.1, -0.05) is 0 Å². The van der Waals surface area contributed by atoms with Gasteiger partial charge in [0.25, 0.3) is 5.69 Å². The number of carboxylic acids is 1. The number of non-ortho nitro benzene ring substituents is 1. The number of rotatable bonds is 3. The first-order valence-corrected chi connectivity index (χ1v) is 5.56. The van der Waals surface area contributed by atoms with Crippen molar-refractivity contribution in [2.75, 3.05) is 5.32 Å². The number of alkyl halides is 3. The highest BCUT2D eigenvalue weighted by Crippen LogP contribution is 2.15. The van der Waals surface area contributed by atoms with Crippen LogP contribution in [0.25, 0.3) is 0 Å². The summed E-state index contributed by atoms with van der Waals surface area (Å²) in [7, 11) is 0. The zero-order valence-corrected chi connectivity index (χ0v) is 11.1. The fourth-order valence-electron chi connectivity index (χ4n) is 0.923. The number of carbonyl (C=O) groups excluding carboxylic acids is 1. The molecule has 122 valence electrons. The lowest BCUT2D eigenvalue weighted by molar-refractivity contribution is -0.384. The van der Waals surface area contributed by atoms with Gasteiger partial charge in [0.1, 0.15) is 0 Å². The quantitative estimate of drug-likeness (QED) is 0.570. The number of aliphatic carboxylic acids is 1. The Morgan fingerprint density at radius 1 is 1.32 bits per heavy atom. The molecule has 0 saturated carbocycles. The van der Waals surface area contributed by atoms with Crippen molar-refractivity contribution in [1.29, 1.82) is 0 Å². The summed E-state index contributed by atoms with van der Waals surface area (Å²) in [5.41, 5.74) is 5.81. The molecule has 8 nitrogen and oxygen atoms in total. The van der Waals surface area contributed by atoms with Crippen LogP contribution in [0.3, 0.4) is 0 Å². The summed E-state index contributed by atoms with van der Waals surface area (Å²) in [5, 5.41) is 20.0. The largest absolute Gasteiger partial charge is 0.490 e. The molecule has 0 aromatic heterocycles. The predicted molar refractivity (Wildman–Crippen MR) is 69.1 cm³/mol. The number of nitrogens with one attached hydrogen (secondary N) is 1. The Balaban J connectivity index is 0.000000534. The molecule has 1 rings (SSSR count). The van der Waals surface area contributed by atoms with E-state index in [1.165, 1.54) is 24.3 Å². The summed E-state index contributed by atoms with van der Waals surface area (Å²) < 4.78 is 31.7. The minimum Gasteiger partial charge on any atom is -0.475 e. The van der Waals surface area contributed by atoms with E-state index in [0.29, 0.717) is 5.69 Å². The minimum absolute atomic E-state index is 0.0196. The maximum Gasteiger partial charge on any atom is 0.490 e. The molecule has 0 aliphatic carbocycles. The molecule has 0 aliphatic heterocycles. The van der Waals surface area contributed by atoms with Gasteiger partial charge in [-0.25, -0.2) is 4.79 Å². The summed E-state index contributed by atoms with van der Waals surface area (Å²) in [4.78, 5) is 29.9. The number of nitro benzene ring substituents is 1. The number of hydrogen-bond acceptors (Lipinski definition) is 5. The first kappa shape index (κ1) is 19.3.